The van der Waals surface area contributed by atoms with Crippen molar-refractivity contribution in [1.82, 2.24) is 9.78 Å². The van der Waals surface area contributed by atoms with Crippen molar-refractivity contribution >= 4 is 28.8 Å². The van der Waals surface area contributed by atoms with Crippen molar-refractivity contribution in [3.05, 3.63) is 42.2 Å². The Labute approximate surface area is 121 Å². The van der Waals surface area contributed by atoms with Gasteiger partial charge in [-0.15, -0.1) is 0 Å². The van der Waals surface area contributed by atoms with Crippen LogP contribution in [-0.2, 0) is 7.05 Å². The van der Waals surface area contributed by atoms with Gasteiger partial charge in [-0.05, 0) is 18.2 Å². The molecule has 0 saturated heterocycles. The molecule has 1 heterocycles. The summed E-state index contributed by atoms with van der Waals surface area (Å²) in [6.07, 6.45) is 1.56. The van der Waals surface area contributed by atoms with Gasteiger partial charge in [-0.1, -0.05) is 24.4 Å². The van der Waals surface area contributed by atoms with Gasteiger partial charge in [-0.2, -0.15) is 5.10 Å². The van der Waals surface area contributed by atoms with Crippen molar-refractivity contribution in [2.45, 2.75) is 0 Å². The van der Waals surface area contributed by atoms with E-state index in [1.165, 1.54) is 4.68 Å². The summed E-state index contributed by atoms with van der Waals surface area (Å²) in [5, 5.41) is 6.72. The summed E-state index contributed by atoms with van der Waals surface area (Å²) in [6.45, 7) is 0.119. The van der Waals surface area contributed by atoms with Crippen LogP contribution in [0.5, 0.6) is 5.75 Å². The Bertz CT molecular complexity index is 639. The van der Waals surface area contributed by atoms with E-state index in [2.05, 4.69) is 10.4 Å². The standard InChI is InChI=1S/C13H14N4O2S/c1-17-10(6-7-15-17)13(18)16-9-4-2-3-5-11(9)19-8-12(14)20/h2-7H,8H2,1H3,(H2,14,20)(H,16,18). The first-order valence-corrected chi connectivity index (χ1v) is 6.28. The molecule has 0 bridgehead atoms. The van der Waals surface area contributed by atoms with E-state index in [1.807, 2.05) is 0 Å². The minimum atomic E-state index is -0.267. The molecule has 0 saturated carbocycles. The number of nitrogens with zero attached hydrogens (tertiary/aromatic N) is 2. The number of nitrogens with one attached hydrogen (secondary N) is 1. The number of amides is 1. The number of ether oxygens (including phenoxy) is 1. The summed E-state index contributed by atoms with van der Waals surface area (Å²) >= 11 is 4.76. The predicted octanol–water partition coefficient (Wildman–Crippen LogP) is 1.34. The molecule has 0 atom stereocenters. The van der Waals surface area contributed by atoms with Gasteiger partial charge in [0, 0.05) is 13.2 Å². The Morgan fingerprint density at radius 1 is 1.45 bits per heavy atom. The summed E-state index contributed by atoms with van der Waals surface area (Å²) in [7, 11) is 1.70. The minimum absolute atomic E-state index is 0.119. The summed E-state index contributed by atoms with van der Waals surface area (Å²) in [5.74, 6) is 0.243. The first-order chi connectivity index (χ1) is 9.58. The first-order valence-electron chi connectivity index (χ1n) is 5.87. The highest BCUT2D eigenvalue weighted by atomic mass is 32.1. The predicted molar refractivity (Wildman–Crippen MR) is 79.9 cm³/mol. The number of nitrogens with two attached hydrogens (primary N) is 1. The van der Waals surface area contributed by atoms with Crippen LogP contribution in [-0.4, -0.2) is 27.3 Å². The maximum Gasteiger partial charge on any atom is 0.274 e. The molecular formula is C13H14N4O2S. The van der Waals surface area contributed by atoms with Crippen molar-refractivity contribution < 1.29 is 9.53 Å². The Balaban J connectivity index is 2.15. The molecule has 6 nitrogen and oxygen atoms in total. The zero-order valence-corrected chi connectivity index (χ0v) is 11.7. The SMILES string of the molecule is Cn1nccc1C(=O)Nc1ccccc1OCC(N)=S. The van der Waals surface area contributed by atoms with Crippen molar-refractivity contribution in [2.75, 3.05) is 11.9 Å². The van der Waals surface area contributed by atoms with Gasteiger partial charge in [0.25, 0.3) is 5.91 Å². The topological polar surface area (TPSA) is 82.2 Å². The lowest BCUT2D eigenvalue weighted by Crippen LogP contribution is -2.20. The average molecular weight is 290 g/mol. The lowest BCUT2D eigenvalue weighted by atomic mass is 10.2. The molecule has 0 fully saturated rings. The Hall–Kier alpha value is -2.41. The van der Waals surface area contributed by atoms with Crippen LogP contribution in [0.2, 0.25) is 0 Å². The molecule has 7 heteroatoms. The summed E-state index contributed by atoms with van der Waals surface area (Å²) in [5.41, 5.74) is 6.40. The largest absolute Gasteiger partial charge is 0.484 e. The second-order valence-corrected chi connectivity index (χ2v) is 4.57. The minimum Gasteiger partial charge on any atom is -0.484 e. The normalized spacial score (nSPS) is 10.1. The van der Waals surface area contributed by atoms with Crippen LogP contribution < -0.4 is 15.8 Å². The second-order valence-electron chi connectivity index (χ2n) is 4.05. The quantitative estimate of drug-likeness (QED) is 0.812. The molecule has 2 rings (SSSR count). The Morgan fingerprint density at radius 3 is 2.85 bits per heavy atom. The van der Waals surface area contributed by atoms with Crippen LogP contribution in [0, 0.1) is 0 Å². The molecule has 0 unspecified atom stereocenters. The maximum absolute atomic E-state index is 12.1. The van der Waals surface area contributed by atoms with Crippen molar-refractivity contribution in [2.24, 2.45) is 12.8 Å². The van der Waals surface area contributed by atoms with E-state index in [0.29, 0.717) is 17.1 Å². The smallest absolute Gasteiger partial charge is 0.274 e. The van der Waals surface area contributed by atoms with E-state index >= 15 is 0 Å². The number of benzene rings is 1. The number of aryl methyl sites for hydroxylation is 1. The number of para-hydroxylation sites is 2. The highest BCUT2D eigenvalue weighted by Crippen LogP contribution is 2.24. The van der Waals surface area contributed by atoms with Crippen LogP contribution >= 0.6 is 12.2 Å². The number of carbonyl (C=O) groups excluding carboxylic acids is 1. The molecule has 1 amide bonds. The van der Waals surface area contributed by atoms with Gasteiger partial charge in [-0.3, -0.25) is 9.48 Å². The number of carbonyl (C=O) groups is 1. The van der Waals surface area contributed by atoms with E-state index in [0.717, 1.165) is 0 Å². The highest BCUT2D eigenvalue weighted by molar-refractivity contribution is 7.80. The fourth-order valence-corrected chi connectivity index (χ4v) is 1.69. The van der Waals surface area contributed by atoms with Gasteiger partial charge >= 0.3 is 0 Å². The lowest BCUT2D eigenvalue weighted by Gasteiger charge is -2.11. The zero-order valence-electron chi connectivity index (χ0n) is 10.9. The van der Waals surface area contributed by atoms with Crippen molar-refractivity contribution in [1.29, 1.82) is 0 Å². The molecule has 1 aromatic heterocycles. The van der Waals surface area contributed by atoms with E-state index in [-0.39, 0.29) is 17.5 Å². The van der Waals surface area contributed by atoms with Gasteiger partial charge in [0.1, 0.15) is 23.0 Å². The number of rotatable bonds is 5. The van der Waals surface area contributed by atoms with E-state index in [4.69, 9.17) is 22.7 Å². The third kappa shape index (κ3) is 3.33. The van der Waals surface area contributed by atoms with Gasteiger partial charge in [0.15, 0.2) is 0 Å². The Kier molecular flexibility index (Phi) is 4.31. The van der Waals surface area contributed by atoms with E-state index in [9.17, 15) is 4.79 Å². The average Bonchev–Trinajstić information content (AvgIpc) is 2.84. The molecule has 20 heavy (non-hydrogen) atoms. The fourth-order valence-electron chi connectivity index (χ4n) is 1.63. The van der Waals surface area contributed by atoms with Crippen molar-refractivity contribution in [3.63, 3.8) is 0 Å². The van der Waals surface area contributed by atoms with E-state index in [1.54, 1.807) is 43.6 Å². The number of hydrogen-bond acceptors (Lipinski definition) is 4. The zero-order chi connectivity index (χ0) is 14.5. The van der Waals surface area contributed by atoms with Crippen molar-refractivity contribution in [3.8, 4) is 5.75 Å². The third-order valence-electron chi connectivity index (χ3n) is 2.56. The monoisotopic (exact) mass is 290 g/mol. The summed E-state index contributed by atoms with van der Waals surface area (Å²) in [4.78, 5) is 12.4. The molecule has 3 N–H and O–H groups in total. The molecule has 0 aliphatic rings. The second kappa shape index (κ2) is 6.16. The van der Waals surface area contributed by atoms with Crippen LogP contribution in [0.3, 0.4) is 0 Å². The molecule has 0 radical (unpaired) electrons. The Morgan fingerprint density at radius 2 is 2.20 bits per heavy atom. The summed E-state index contributed by atoms with van der Waals surface area (Å²) < 4.78 is 6.94. The highest BCUT2D eigenvalue weighted by Gasteiger charge is 2.12. The molecule has 0 aliphatic carbocycles. The molecule has 104 valence electrons. The lowest BCUT2D eigenvalue weighted by molar-refractivity contribution is 0.101. The van der Waals surface area contributed by atoms with Crippen LogP contribution in [0.15, 0.2) is 36.5 Å². The third-order valence-corrected chi connectivity index (χ3v) is 2.68. The fraction of sp³-hybridized carbons (Fsp3) is 0.154. The molecular weight excluding hydrogens is 276 g/mol. The maximum atomic E-state index is 12.1. The number of hydrogen-bond donors (Lipinski definition) is 2. The van der Waals surface area contributed by atoms with Crippen LogP contribution in [0.25, 0.3) is 0 Å². The van der Waals surface area contributed by atoms with Crippen LogP contribution in [0.4, 0.5) is 5.69 Å². The number of anilines is 1. The van der Waals surface area contributed by atoms with Gasteiger partial charge in [0.2, 0.25) is 0 Å². The van der Waals surface area contributed by atoms with E-state index < -0.39 is 0 Å². The molecule has 2 aromatic rings. The van der Waals surface area contributed by atoms with Gasteiger partial charge in [0.05, 0.1) is 5.69 Å². The van der Waals surface area contributed by atoms with Gasteiger partial charge in [-0.25, -0.2) is 0 Å². The number of thiocarbonyl (C=S) groups is 1. The molecule has 0 aliphatic heterocycles. The van der Waals surface area contributed by atoms with Crippen LogP contribution in [0.1, 0.15) is 10.5 Å². The summed E-state index contributed by atoms with van der Waals surface area (Å²) in [6, 6.07) is 8.70. The molecule has 1 aromatic carbocycles. The molecule has 0 spiro atoms. The van der Waals surface area contributed by atoms with Gasteiger partial charge < -0.3 is 15.8 Å². The number of aromatic nitrogens is 2. The first kappa shape index (κ1) is 14.0.